The minimum absolute atomic E-state index is 0.339. The van der Waals surface area contributed by atoms with Crippen LogP contribution in [-0.4, -0.2) is 35.0 Å². The lowest BCUT2D eigenvalue weighted by Gasteiger charge is -2.35. The standard InChI is InChI=1S/C13H21NO3/c1-12(2,3)17-11(16)14-8-4-7-13(14,9-15)10-5-6-10/h9-10H,4-8H2,1-3H3. The van der Waals surface area contributed by atoms with Gasteiger partial charge in [-0.1, -0.05) is 0 Å². The quantitative estimate of drug-likeness (QED) is 0.695. The number of aldehydes is 1. The fourth-order valence-corrected chi connectivity index (χ4v) is 2.67. The summed E-state index contributed by atoms with van der Waals surface area (Å²) in [5.41, 5.74) is -1.07. The monoisotopic (exact) mass is 239 g/mol. The molecule has 0 spiro atoms. The Bertz CT molecular complexity index is 330. The number of likely N-dealkylation sites (tertiary alicyclic amines) is 1. The molecule has 17 heavy (non-hydrogen) atoms. The van der Waals surface area contributed by atoms with Crippen molar-refractivity contribution in [3.8, 4) is 0 Å². The number of carbonyl (C=O) groups excluding carboxylic acids is 2. The van der Waals surface area contributed by atoms with Gasteiger partial charge in [-0.05, 0) is 52.4 Å². The molecule has 2 rings (SSSR count). The number of hydrogen-bond donors (Lipinski definition) is 0. The molecule has 1 saturated heterocycles. The molecule has 0 radical (unpaired) electrons. The van der Waals surface area contributed by atoms with Gasteiger partial charge in [-0.3, -0.25) is 4.90 Å². The molecular weight excluding hydrogens is 218 g/mol. The third-order valence-corrected chi connectivity index (χ3v) is 3.56. The van der Waals surface area contributed by atoms with Crippen molar-refractivity contribution in [3.63, 3.8) is 0 Å². The summed E-state index contributed by atoms with van der Waals surface area (Å²) in [6.07, 6.45) is 4.43. The van der Waals surface area contributed by atoms with Crippen molar-refractivity contribution >= 4 is 12.4 Å². The van der Waals surface area contributed by atoms with Gasteiger partial charge in [-0.15, -0.1) is 0 Å². The Morgan fingerprint density at radius 2 is 2.06 bits per heavy atom. The first kappa shape index (κ1) is 12.4. The van der Waals surface area contributed by atoms with Gasteiger partial charge in [0, 0.05) is 6.54 Å². The first-order valence-electron chi connectivity index (χ1n) is 6.36. The van der Waals surface area contributed by atoms with E-state index in [1.54, 1.807) is 4.90 Å². The normalized spacial score (nSPS) is 29.2. The molecule has 0 aromatic heterocycles. The highest BCUT2D eigenvalue weighted by Crippen LogP contribution is 2.47. The molecule has 4 nitrogen and oxygen atoms in total. The lowest BCUT2D eigenvalue weighted by molar-refractivity contribution is -0.118. The number of hydrogen-bond acceptors (Lipinski definition) is 3. The fraction of sp³-hybridized carbons (Fsp3) is 0.846. The Labute approximate surface area is 102 Å². The van der Waals surface area contributed by atoms with Gasteiger partial charge in [-0.25, -0.2) is 4.79 Å². The van der Waals surface area contributed by atoms with Gasteiger partial charge >= 0.3 is 6.09 Å². The van der Waals surface area contributed by atoms with Crippen LogP contribution in [0.4, 0.5) is 4.79 Å². The summed E-state index contributed by atoms with van der Waals surface area (Å²) >= 11 is 0. The molecule has 2 fully saturated rings. The van der Waals surface area contributed by atoms with Crippen molar-refractivity contribution in [3.05, 3.63) is 0 Å². The average molecular weight is 239 g/mol. The Hall–Kier alpha value is -1.06. The molecule has 1 amide bonds. The molecule has 1 aliphatic heterocycles. The van der Waals surface area contributed by atoms with Gasteiger partial charge < -0.3 is 9.53 Å². The lowest BCUT2D eigenvalue weighted by atomic mass is 9.92. The van der Waals surface area contributed by atoms with Crippen LogP contribution in [0.2, 0.25) is 0 Å². The number of carbonyl (C=O) groups is 2. The first-order valence-corrected chi connectivity index (χ1v) is 6.36. The zero-order valence-electron chi connectivity index (χ0n) is 10.9. The second kappa shape index (κ2) is 4.00. The molecule has 1 unspecified atom stereocenters. The SMILES string of the molecule is CC(C)(C)OC(=O)N1CCCC1(C=O)C1CC1. The summed E-state index contributed by atoms with van der Waals surface area (Å²) < 4.78 is 5.38. The summed E-state index contributed by atoms with van der Waals surface area (Å²) in [6, 6.07) is 0. The number of nitrogens with zero attached hydrogens (tertiary/aromatic N) is 1. The number of amides is 1. The maximum absolute atomic E-state index is 12.1. The Morgan fingerprint density at radius 1 is 1.41 bits per heavy atom. The van der Waals surface area contributed by atoms with E-state index in [0.29, 0.717) is 12.5 Å². The molecule has 1 aliphatic carbocycles. The van der Waals surface area contributed by atoms with Crippen LogP contribution >= 0.6 is 0 Å². The van der Waals surface area contributed by atoms with E-state index < -0.39 is 11.1 Å². The molecule has 4 heteroatoms. The molecule has 0 bridgehead atoms. The van der Waals surface area contributed by atoms with Gasteiger partial charge in [0.15, 0.2) is 0 Å². The molecule has 2 aliphatic rings. The largest absolute Gasteiger partial charge is 0.444 e. The van der Waals surface area contributed by atoms with Gasteiger partial charge in [0.2, 0.25) is 0 Å². The van der Waals surface area contributed by atoms with Crippen LogP contribution in [0.15, 0.2) is 0 Å². The highest BCUT2D eigenvalue weighted by atomic mass is 16.6. The van der Waals surface area contributed by atoms with Crippen molar-refractivity contribution in [1.29, 1.82) is 0 Å². The van der Waals surface area contributed by atoms with Crippen molar-refractivity contribution in [2.45, 2.75) is 57.6 Å². The van der Waals surface area contributed by atoms with E-state index in [2.05, 4.69) is 0 Å². The third kappa shape index (κ3) is 2.31. The Kier molecular flexibility index (Phi) is 2.92. The minimum Gasteiger partial charge on any atom is -0.444 e. The second-order valence-corrected chi connectivity index (χ2v) is 6.12. The van der Waals surface area contributed by atoms with Crippen LogP contribution in [0.25, 0.3) is 0 Å². The molecule has 0 N–H and O–H groups in total. The van der Waals surface area contributed by atoms with E-state index in [4.69, 9.17) is 4.74 Å². The Morgan fingerprint density at radius 3 is 2.53 bits per heavy atom. The smallest absolute Gasteiger partial charge is 0.411 e. The van der Waals surface area contributed by atoms with E-state index >= 15 is 0 Å². The van der Waals surface area contributed by atoms with Crippen LogP contribution in [0, 0.1) is 5.92 Å². The second-order valence-electron chi connectivity index (χ2n) is 6.12. The third-order valence-electron chi connectivity index (χ3n) is 3.56. The maximum Gasteiger partial charge on any atom is 0.411 e. The van der Waals surface area contributed by atoms with E-state index in [1.165, 1.54) is 0 Å². The molecular formula is C13H21NO3. The summed E-state index contributed by atoms with van der Waals surface area (Å²) in [5, 5.41) is 0. The minimum atomic E-state index is -0.567. The van der Waals surface area contributed by atoms with Gasteiger partial charge in [0.05, 0.1) is 0 Å². The van der Waals surface area contributed by atoms with E-state index in [1.807, 2.05) is 20.8 Å². The molecule has 1 saturated carbocycles. The van der Waals surface area contributed by atoms with E-state index in [9.17, 15) is 9.59 Å². The van der Waals surface area contributed by atoms with E-state index in [0.717, 1.165) is 32.0 Å². The van der Waals surface area contributed by atoms with Crippen LogP contribution in [0.1, 0.15) is 46.5 Å². The summed E-state index contributed by atoms with van der Waals surface area (Å²) in [6.45, 7) is 6.19. The van der Waals surface area contributed by atoms with E-state index in [-0.39, 0.29) is 6.09 Å². The summed E-state index contributed by atoms with van der Waals surface area (Å²) in [7, 11) is 0. The first-order chi connectivity index (χ1) is 7.89. The van der Waals surface area contributed by atoms with Gasteiger partial charge in [-0.2, -0.15) is 0 Å². The zero-order chi connectivity index (χ0) is 12.7. The molecule has 96 valence electrons. The average Bonchev–Trinajstić information content (AvgIpc) is 2.96. The molecule has 0 aromatic carbocycles. The van der Waals surface area contributed by atoms with Crippen LogP contribution < -0.4 is 0 Å². The summed E-state index contributed by atoms with van der Waals surface area (Å²) in [5.74, 6) is 0.356. The summed E-state index contributed by atoms with van der Waals surface area (Å²) in [4.78, 5) is 25.2. The highest BCUT2D eigenvalue weighted by Gasteiger charge is 2.54. The maximum atomic E-state index is 12.1. The van der Waals surface area contributed by atoms with Gasteiger partial charge in [0.25, 0.3) is 0 Å². The van der Waals surface area contributed by atoms with Crippen LogP contribution in [0.3, 0.4) is 0 Å². The predicted octanol–water partition coefficient (Wildman–Crippen LogP) is 2.37. The molecule has 1 atom stereocenters. The van der Waals surface area contributed by atoms with Gasteiger partial charge in [0.1, 0.15) is 17.4 Å². The van der Waals surface area contributed by atoms with Crippen molar-refractivity contribution in [1.82, 2.24) is 4.90 Å². The van der Waals surface area contributed by atoms with Crippen molar-refractivity contribution in [2.75, 3.05) is 6.54 Å². The molecule has 0 aromatic rings. The van der Waals surface area contributed by atoms with Crippen LogP contribution in [0.5, 0.6) is 0 Å². The zero-order valence-corrected chi connectivity index (χ0v) is 10.9. The topological polar surface area (TPSA) is 46.6 Å². The lowest BCUT2D eigenvalue weighted by Crippen LogP contribution is -2.51. The number of rotatable bonds is 2. The Balaban J connectivity index is 2.13. The van der Waals surface area contributed by atoms with Crippen LogP contribution in [-0.2, 0) is 9.53 Å². The number of ether oxygens (including phenoxy) is 1. The van der Waals surface area contributed by atoms with Crippen molar-refractivity contribution in [2.24, 2.45) is 5.92 Å². The fourth-order valence-electron chi connectivity index (χ4n) is 2.67. The predicted molar refractivity (Wildman–Crippen MR) is 63.7 cm³/mol. The molecule has 1 heterocycles. The highest BCUT2D eigenvalue weighted by molar-refractivity contribution is 5.78. The van der Waals surface area contributed by atoms with Crippen molar-refractivity contribution < 1.29 is 14.3 Å².